The summed E-state index contributed by atoms with van der Waals surface area (Å²) in [7, 11) is 0. The molecular weight excluding hydrogens is 447 g/mol. The van der Waals surface area contributed by atoms with Crippen molar-refractivity contribution in [2.45, 2.75) is 31.1 Å². The van der Waals surface area contributed by atoms with Crippen LogP contribution in [0.4, 0.5) is 10.3 Å². The molecule has 0 spiro atoms. The van der Waals surface area contributed by atoms with Crippen molar-refractivity contribution in [3.05, 3.63) is 106 Å². The van der Waals surface area contributed by atoms with Gasteiger partial charge in [-0.3, -0.25) is 0 Å². The number of nitrogens with one attached hydrogen (secondary N) is 1. The Kier molecular flexibility index (Phi) is 4.95. The van der Waals surface area contributed by atoms with Gasteiger partial charge in [-0.25, -0.2) is 9.07 Å². The molecule has 2 atom stereocenters. The van der Waals surface area contributed by atoms with Gasteiger partial charge in [-0.1, -0.05) is 65.4 Å². The minimum Gasteiger partial charge on any atom is -0.480 e. The minimum absolute atomic E-state index is 0.262. The topological polar surface area (TPSA) is 52.0 Å². The average molecular weight is 471 g/mol. The zero-order chi connectivity index (χ0) is 23.4. The molecule has 0 amide bonds. The van der Waals surface area contributed by atoms with Gasteiger partial charge in [0.05, 0.1) is 5.70 Å². The fraction of sp³-hybridized carbons (Fsp3) is 0.185. The van der Waals surface area contributed by atoms with Gasteiger partial charge in [-0.15, -0.1) is 5.10 Å². The van der Waals surface area contributed by atoms with E-state index in [1.165, 1.54) is 23.4 Å². The SMILES string of the molecule is CSc1nc2n(n1)[C@H](c1ccc(C)cc1)C1=C(N2)c2cc(C)ccc2O[C@@H]1c1cccc(F)c1. The number of nitrogens with zero attached hydrogens (tertiary/aromatic N) is 3. The van der Waals surface area contributed by atoms with Crippen molar-refractivity contribution in [2.24, 2.45) is 0 Å². The minimum atomic E-state index is -0.491. The molecule has 0 fully saturated rings. The van der Waals surface area contributed by atoms with Gasteiger partial charge in [0.25, 0.3) is 0 Å². The average Bonchev–Trinajstić information content (AvgIpc) is 3.26. The van der Waals surface area contributed by atoms with Crippen molar-refractivity contribution in [2.75, 3.05) is 11.6 Å². The van der Waals surface area contributed by atoms with E-state index in [4.69, 9.17) is 14.8 Å². The maximum Gasteiger partial charge on any atom is 0.227 e. The van der Waals surface area contributed by atoms with Gasteiger partial charge in [0.1, 0.15) is 23.7 Å². The number of halogens is 1. The number of aryl methyl sites for hydroxylation is 2. The lowest BCUT2D eigenvalue weighted by molar-refractivity contribution is 0.222. The van der Waals surface area contributed by atoms with Crippen molar-refractivity contribution in [3.63, 3.8) is 0 Å². The van der Waals surface area contributed by atoms with E-state index < -0.39 is 6.10 Å². The summed E-state index contributed by atoms with van der Waals surface area (Å²) in [6.45, 7) is 4.13. The summed E-state index contributed by atoms with van der Waals surface area (Å²) < 4.78 is 22.8. The number of hydrogen-bond acceptors (Lipinski definition) is 5. The number of thioether (sulfide) groups is 1. The van der Waals surface area contributed by atoms with Crippen molar-refractivity contribution in [1.29, 1.82) is 0 Å². The molecule has 0 aliphatic carbocycles. The van der Waals surface area contributed by atoms with Crippen LogP contribution in [0.1, 0.15) is 40.0 Å². The molecule has 3 aromatic carbocycles. The van der Waals surface area contributed by atoms with E-state index in [2.05, 4.69) is 49.5 Å². The van der Waals surface area contributed by atoms with Crippen molar-refractivity contribution >= 4 is 23.4 Å². The predicted molar refractivity (Wildman–Crippen MR) is 133 cm³/mol. The zero-order valence-corrected chi connectivity index (χ0v) is 19.9. The van der Waals surface area contributed by atoms with Crippen LogP contribution in [-0.4, -0.2) is 21.0 Å². The molecule has 0 radical (unpaired) electrons. The maximum absolute atomic E-state index is 14.3. The molecule has 170 valence electrons. The lowest BCUT2D eigenvalue weighted by atomic mass is 9.84. The van der Waals surface area contributed by atoms with Gasteiger partial charge in [0.15, 0.2) is 0 Å². The first kappa shape index (κ1) is 21.0. The molecule has 0 bridgehead atoms. The number of anilines is 1. The smallest absolute Gasteiger partial charge is 0.227 e. The standard InChI is InChI=1S/C27H23FN4OS/c1-15-7-10-17(11-8-15)24-22-23(29-26-30-27(34-3)31-32(24)26)20-13-16(2)9-12-21(20)33-25(22)18-5-4-6-19(28)14-18/h4-14,24-25H,1-3H3,(H,29,30,31)/t24-,25-/m1/s1. The van der Waals surface area contributed by atoms with Crippen molar-refractivity contribution in [3.8, 4) is 5.75 Å². The second kappa shape index (κ2) is 8.02. The fourth-order valence-corrected chi connectivity index (χ4v) is 5.07. The molecule has 4 aromatic rings. The normalized spacial score (nSPS) is 18.5. The Balaban J connectivity index is 1.65. The number of fused-ring (bicyclic) bond motifs is 3. The fourth-order valence-electron chi connectivity index (χ4n) is 4.72. The van der Waals surface area contributed by atoms with E-state index in [-0.39, 0.29) is 11.9 Å². The number of ether oxygens (including phenoxy) is 1. The van der Waals surface area contributed by atoms with E-state index in [1.807, 2.05) is 29.1 Å². The molecule has 0 saturated heterocycles. The third-order valence-electron chi connectivity index (χ3n) is 6.34. The Morgan fingerprint density at radius 2 is 1.76 bits per heavy atom. The Hall–Kier alpha value is -3.58. The zero-order valence-electron chi connectivity index (χ0n) is 19.0. The van der Waals surface area contributed by atoms with Crippen molar-refractivity contribution < 1.29 is 9.13 Å². The Morgan fingerprint density at radius 1 is 0.971 bits per heavy atom. The summed E-state index contributed by atoms with van der Waals surface area (Å²) in [5, 5.41) is 9.03. The summed E-state index contributed by atoms with van der Waals surface area (Å²) in [6, 6.07) is 20.9. The lowest BCUT2D eigenvalue weighted by Crippen LogP contribution is -2.32. The second-order valence-corrected chi connectivity index (χ2v) is 9.46. The molecule has 0 unspecified atom stereocenters. The van der Waals surface area contributed by atoms with Gasteiger partial charge >= 0.3 is 0 Å². The van der Waals surface area contributed by atoms with E-state index in [0.717, 1.165) is 39.3 Å². The number of benzene rings is 3. The van der Waals surface area contributed by atoms with Crippen molar-refractivity contribution in [1.82, 2.24) is 14.8 Å². The van der Waals surface area contributed by atoms with E-state index in [0.29, 0.717) is 11.1 Å². The van der Waals surface area contributed by atoms with Gasteiger partial charge < -0.3 is 10.1 Å². The van der Waals surface area contributed by atoms with Crippen LogP contribution in [0.3, 0.4) is 0 Å². The summed E-state index contributed by atoms with van der Waals surface area (Å²) in [4.78, 5) is 4.73. The molecule has 5 nitrogen and oxygen atoms in total. The number of rotatable bonds is 3. The van der Waals surface area contributed by atoms with Crippen LogP contribution in [0.5, 0.6) is 5.75 Å². The molecule has 0 saturated carbocycles. The van der Waals surface area contributed by atoms with Crippen LogP contribution in [0.2, 0.25) is 0 Å². The van der Waals surface area contributed by atoms with E-state index in [9.17, 15) is 4.39 Å². The van der Waals surface area contributed by atoms with E-state index in [1.54, 1.807) is 12.1 Å². The van der Waals surface area contributed by atoms with Gasteiger partial charge in [-0.2, -0.15) is 4.98 Å². The first-order valence-electron chi connectivity index (χ1n) is 11.1. The number of aromatic nitrogens is 3. The van der Waals surface area contributed by atoms with Gasteiger partial charge in [0, 0.05) is 11.1 Å². The summed E-state index contributed by atoms with van der Waals surface area (Å²) >= 11 is 1.50. The third-order valence-corrected chi connectivity index (χ3v) is 6.87. The predicted octanol–water partition coefficient (Wildman–Crippen LogP) is 6.32. The summed E-state index contributed by atoms with van der Waals surface area (Å²) in [5.74, 6) is 1.15. The first-order valence-corrected chi connectivity index (χ1v) is 12.4. The Labute approximate surface area is 201 Å². The first-order chi connectivity index (χ1) is 16.5. The van der Waals surface area contributed by atoms with Crippen LogP contribution in [0.15, 0.2) is 77.5 Å². The molecule has 1 N–H and O–H groups in total. The molecule has 1 aromatic heterocycles. The highest BCUT2D eigenvalue weighted by Gasteiger charge is 2.41. The molecule has 3 heterocycles. The van der Waals surface area contributed by atoms with Gasteiger partial charge in [-0.05, 0) is 55.5 Å². The second-order valence-electron chi connectivity index (χ2n) is 8.69. The molecular formula is C27H23FN4OS. The van der Waals surface area contributed by atoms with E-state index >= 15 is 0 Å². The van der Waals surface area contributed by atoms with Crippen LogP contribution >= 0.6 is 11.8 Å². The Morgan fingerprint density at radius 3 is 2.53 bits per heavy atom. The highest BCUT2D eigenvalue weighted by molar-refractivity contribution is 7.98. The van der Waals surface area contributed by atoms with Crippen LogP contribution < -0.4 is 10.1 Å². The highest BCUT2D eigenvalue weighted by Crippen LogP contribution is 2.51. The number of hydrogen-bond donors (Lipinski definition) is 1. The third kappa shape index (κ3) is 3.39. The van der Waals surface area contributed by atoms with Crippen LogP contribution in [0.25, 0.3) is 5.70 Å². The highest BCUT2D eigenvalue weighted by atomic mass is 32.2. The maximum atomic E-state index is 14.3. The molecule has 6 rings (SSSR count). The summed E-state index contributed by atoms with van der Waals surface area (Å²) in [5.41, 5.74) is 7.03. The molecule has 2 aliphatic heterocycles. The lowest BCUT2D eigenvalue weighted by Gasteiger charge is -2.39. The van der Waals surface area contributed by atoms with Gasteiger partial charge in [0.2, 0.25) is 11.1 Å². The summed E-state index contributed by atoms with van der Waals surface area (Å²) in [6.07, 6.45) is 1.47. The van der Waals surface area contributed by atoms with Crippen LogP contribution in [-0.2, 0) is 0 Å². The Bertz CT molecular complexity index is 1440. The molecule has 7 heteroatoms. The largest absolute Gasteiger partial charge is 0.480 e. The monoisotopic (exact) mass is 470 g/mol. The quantitative estimate of drug-likeness (QED) is 0.355. The van der Waals surface area contributed by atoms with Crippen LogP contribution in [0, 0.1) is 19.7 Å². The molecule has 2 aliphatic rings. The molecule has 34 heavy (non-hydrogen) atoms.